The van der Waals surface area contributed by atoms with E-state index in [2.05, 4.69) is 28.3 Å². The third-order valence-electron chi connectivity index (χ3n) is 2.23. The van der Waals surface area contributed by atoms with Crippen LogP contribution in [0.3, 0.4) is 0 Å². The molecule has 2 aromatic heterocycles. The summed E-state index contributed by atoms with van der Waals surface area (Å²) < 4.78 is 0. The molecule has 0 radical (unpaired) electrons. The van der Waals surface area contributed by atoms with Crippen LogP contribution in [0.25, 0.3) is 0 Å². The van der Waals surface area contributed by atoms with E-state index in [9.17, 15) is 0 Å². The summed E-state index contributed by atoms with van der Waals surface area (Å²) in [6, 6.07) is 8.11. The summed E-state index contributed by atoms with van der Waals surface area (Å²) in [5.74, 6) is 0.878. The lowest BCUT2D eigenvalue weighted by Crippen LogP contribution is -1.97. The van der Waals surface area contributed by atoms with Gasteiger partial charge in [-0.2, -0.15) is 0 Å². The first-order chi connectivity index (χ1) is 8.38. The molecule has 0 aromatic carbocycles. The zero-order valence-corrected chi connectivity index (χ0v) is 10.6. The van der Waals surface area contributed by atoms with Crippen LogP contribution < -0.4 is 5.32 Å². The molecular weight excluding hydrogens is 230 g/mol. The monoisotopic (exact) mass is 245 g/mol. The van der Waals surface area contributed by atoms with Gasteiger partial charge in [0.1, 0.15) is 0 Å². The molecule has 2 heterocycles. The average molecular weight is 245 g/mol. The standard InChI is InChI=1S/C13H15N3S/c1-2-15-11-3-8-16-12(9-11)10-17-13-4-6-14-7-5-13/h3-9H,2,10H2,1H3,(H,15,16). The Kier molecular flexibility index (Phi) is 4.38. The van der Waals surface area contributed by atoms with Gasteiger partial charge >= 0.3 is 0 Å². The highest BCUT2D eigenvalue weighted by Crippen LogP contribution is 2.21. The number of hydrogen-bond donors (Lipinski definition) is 1. The van der Waals surface area contributed by atoms with Crippen LogP contribution in [-0.2, 0) is 5.75 Å². The quantitative estimate of drug-likeness (QED) is 0.821. The van der Waals surface area contributed by atoms with Gasteiger partial charge < -0.3 is 5.32 Å². The van der Waals surface area contributed by atoms with Crippen LogP contribution in [0.2, 0.25) is 0 Å². The predicted octanol–water partition coefficient (Wildman–Crippen LogP) is 3.20. The summed E-state index contributed by atoms with van der Waals surface area (Å²) in [5, 5.41) is 3.29. The van der Waals surface area contributed by atoms with E-state index < -0.39 is 0 Å². The molecule has 0 spiro atoms. The first-order valence-electron chi connectivity index (χ1n) is 5.60. The first kappa shape index (κ1) is 11.9. The normalized spacial score (nSPS) is 10.2. The summed E-state index contributed by atoms with van der Waals surface area (Å²) in [5.41, 5.74) is 2.22. The van der Waals surface area contributed by atoms with Gasteiger partial charge in [0.2, 0.25) is 0 Å². The van der Waals surface area contributed by atoms with Crippen molar-refractivity contribution in [2.75, 3.05) is 11.9 Å². The Labute approximate surface area is 106 Å². The van der Waals surface area contributed by atoms with Gasteiger partial charge in [-0.05, 0) is 31.2 Å². The molecule has 3 nitrogen and oxygen atoms in total. The summed E-state index contributed by atoms with van der Waals surface area (Å²) in [4.78, 5) is 9.58. The zero-order valence-electron chi connectivity index (χ0n) is 9.76. The number of aromatic nitrogens is 2. The van der Waals surface area contributed by atoms with Crippen molar-refractivity contribution >= 4 is 17.4 Å². The number of nitrogens with one attached hydrogen (secondary N) is 1. The Bertz CT molecular complexity index is 459. The first-order valence-corrected chi connectivity index (χ1v) is 6.58. The summed E-state index contributed by atoms with van der Waals surface area (Å²) >= 11 is 1.77. The minimum atomic E-state index is 0.878. The Morgan fingerprint density at radius 2 is 2.00 bits per heavy atom. The minimum Gasteiger partial charge on any atom is -0.385 e. The molecule has 0 saturated carbocycles. The number of nitrogens with zero attached hydrogens (tertiary/aromatic N) is 2. The van der Waals surface area contributed by atoms with Gasteiger partial charge in [0.15, 0.2) is 0 Å². The van der Waals surface area contributed by atoms with Gasteiger partial charge in [0.25, 0.3) is 0 Å². The molecule has 0 saturated heterocycles. The van der Waals surface area contributed by atoms with Gasteiger partial charge in [-0.1, -0.05) is 0 Å². The van der Waals surface area contributed by atoms with Crippen molar-refractivity contribution in [3.05, 3.63) is 48.5 Å². The van der Waals surface area contributed by atoms with Crippen LogP contribution in [0.1, 0.15) is 12.6 Å². The van der Waals surface area contributed by atoms with Crippen LogP contribution in [0.4, 0.5) is 5.69 Å². The Hall–Kier alpha value is -1.55. The molecule has 1 N–H and O–H groups in total. The highest BCUT2D eigenvalue weighted by Gasteiger charge is 1.98. The van der Waals surface area contributed by atoms with Gasteiger partial charge in [-0.15, -0.1) is 11.8 Å². The van der Waals surface area contributed by atoms with Crippen molar-refractivity contribution in [2.45, 2.75) is 17.6 Å². The van der Waals surface area contributed by atoms with Crippen LogP contribution in [0, 0.1) is 0 Å². The van der Waals surface area contributed by atoms with E-state index in [1.807, 2.05) is 36.8 Å². The predicted molar refractivity (Wildman–Crippen MR) is 72.2 cm³/mol. The van der Waals surface area contributed by atoms with Crippen molar-refractivity contribution in [1.82, 2.24) is 9.97 Å². The summed E-state index contributed by atoms with van der Waals surface area (Å²) in [7, 11) is 0. The van der Waals surface area contributed by atoms with E-state index >= 15 is 0 Å². The number of pyridine rings is 2. The Balaban J connectivity index is 1.97. The molecule has 0 fully saturated rings. The van der Waals surface area contributed by atoms with Gasteiger partial charge in [0, 0.05) is 41.5 Å². The second kappa shape index (κ2) is 6.25. The molecule has 0 atom stereocenters. The maximum atomic E-state index is 4.36. The van der Waals surface area contributed by atoms with Crippen LogP contribution in [0.15, 0.2) is 47.8 Å². The van der Waals surface area contributed by atoms with E-state index in [0.29, 0.717) is 0 Å². The molecule has 2 aromatic rings. The SMILES string of the molecule is CCNc1ccnc(CSc2ccncc2)c1. The molecule has 0 bridgehead atoms. The fourth-order valence-corrected chi connectivity index (χ4v) is 2.25. The highest BCUT2D eigenvalue weighted by atomic mass is 32.2. The third-order valence-corrected chi connectivity index (χ3v) is 3.28. The van der Waals surface area contributed by atoms with E-state index in [1.165, 1.54) is 4.90 Å². The molecule has 0 aliphatic carbocycles. The molecule has 2 rings (SSSR count). The van der Waals surface area contributed by atoms with Crippen LogP contribution in [0.5, 0.6) is 0 Å². The summed E-state index contributed by atoms with van der Waals surface area (Å²) in [6.07, 6.45) is 5.47. The molecule has 0 unspecified atom stereocenters. The second-order valence-electron chi connectivity index (χ2n) is 3.54. The average Bonchev–Trinajstić information content (AvgIpc) is 2.39. The highest BCUT2D eigenvalue weighted by molar-refractivity contribution is 7.98. The third kappa shape index (κ3) is 3.75. The fourth-order valence-electron chi connectivity index (χ4n) is 1.46. The molecule has 88 valence electrons. The molecule has 17 heavy (non-hydrogen) atoms. The van der Waals surface area contributed by atoms with Crippen molar-refractivity contribution in [2.24, 2.45) is 0 Å². The zero-order chi connectivity index (χ0) is 11.9. The van der Waals surface area contributed by atoms with E-state index in [1.54, 1.807) is 11.8 Å². The Morgan fingerprint density at radius 1 is 1.18 bits per heavy atom. The number of rotatable bonds is 5. The van der Waals surface area contributed by atoms with Gasteiger partial charge in [-0.3, -0.25) is 9.97 Å². The van der Waals surface area contributed by atoms with Crippen LogP contribution >= 0.6 is 11.8 Å². The topological polar surface area (TPSA) is 37.8 Å². The smallest absolute Gasteiger partial charge is 0.0526 e. The molecule has 0 aliphatic heterocycles. The molecule has 0 amide bonds. The molecule has 0 aliphatic rings. The van der Waals surface area contributed by atoms with E-state index in [4.69, 9.17) is 0 Å². The maximum Gasteiger partial charge on any atom is 0.0526 e. The largest absolute Gasteiger partial charge is 0.385 e. The van der Waals surface area contributed by atoms with Gasteiger partial charge in [0.05, 0.1) is 5.69 Å². The lowest BCUT2D eigenvalue weighted by Gasteiger charge is -2.05. The van der Waals surface area contributed by atoms with Crippen molar-refractivity contribution in [3.63, 3.8) is 0 Å². The molecular formula is C13H15N3S. The number of thioether (sulfide) groups is 1. The second-order valence-corrected chi connectivity index (χ2v) is 4.59. The number of anilines is 1. The van der Waals surface area contributed by atoms with E-state index in [-0.39, 0.29) is 0 Å². The van der Waals surface area contributed by atoms with Crippen molar-refractivity contribution in [1.29, 1.82) is 0 Å². The Morgan fingerprint density at radius 3 is 2.76 bits per heavy atom. The summed E-state index contributed by atoms with van der Waals surface area (Å²) in [6.45, 7) is 3.02. The number of hydrogen-bond acceptors (Lipinski definition) is 4. The van der Waals surface area contributed by atoms with Gasteiger partial charge in [-0.25, -0.2) is 0 Å². The lowest BCUT2D eigenvalue weighted by atomic mass is 10.3. The van der Waals surface area contributed by atoms with E-state index in [0.717, 1.165) is 23.7 Å². The van der Waals surface area contributed by atoms with Crippen molar-refractivity contribution in [3.8, 4) is 0 Å². The molecule has 4 heteroatoms. The van der Waals surface area contributed by atoms with Crippen LogP contribution in [-0.4, -0.2) is 16.5 Å². The maximum absolute atomic E-state index is 4.36. The minimum absolute atomic E-state index is 0.878. The fraction of sp³-hybridized carbons (Fsp3) is 0.231. The lowest BCUT2D eigenvalue weighted by molar-refractivity contribution is 1.15. The van der Waals surface area contributed by atoms with Crippen molar-refractivity contribution < 1.29 is 0 Å².